The summed E-state index contributed by atoms with van der Waals surface area (Å²) in [5, 5.41) is 13.1. The summed E-state index contributed by atoms with van der Waals surface area (Å²) in [7, 11) is 4.02. The molecule has 0 aromatic heterocycles. The molecule has 1 amide bonds. The molecule has 2 aromatic carbocycles. The Labute approximate surface area is 172 Å². The SMILES string of the molecule is CN(C)[C@H](CNC(=O)C[C@H](c1ccccc1)C1CC1)Cc1ccc(O)c(Cl)c1. The quantitative estimate of drug-likeness (QED) is 0.662. The number of nitrogens with zero attached hydrogens (tertiary/aromatic N) is 1. The Bertz CT molecular complexity index is 790. The second kappa shape index (κ2) is 9.44. The third-order valence-corrected chi connectivity index (χ3v) is 5.88. The summed E-state index contributed by atoms with van der Waals surface area (Å²) < 4.78 is 0. The first-order chi connectivity index (χ1) is 13.4. The molecular weight excluding hydrogens is 372 g/mol. The largest absolute Gasteiger partial charge is 0.506 e. The van der Waals surface area contributed by atoms with Crippen molar-refractivity contribution in [2.24, 2.45) is 5.92 Å². The fourth-order valence-electron chi connectivity index (χ4n) is 3.65. The molecule has 3 rings (SSSR count). The van der Waals surface area contributed by atoms with Gasteiger partial charge in [-0.1, -0.05) is 48.0 Å². The molecule has 150 valence electrons. The van der Waals surface area contributed by atoms with Crippen molar-refractivity contribution in [2.45, 2.75) is 37.6 Å². The predicted molar refractivity (Wildman–Crippen MR) is 114 cm³/mol. The van der Waals surface area contributed by atoms with Crippen LogP contribution in [0.3, 0.4) is 0 Å². The van der Waals surface area contributed by atoms with Crippen molar-refractivity contribution >= 4 is 17.5 Å². The lowest BCUT2D eigenvalue weighted by Gasteiger charge is -2.25. The molecular formula is C23H29ClN2O2. The van der Waals surface area contributed by atoms with Gasteiger partial charge in [-0.3, -0.25) is 4.79 Å². The number of nitrogens with one attached hydrogen (secondary N) is 1. The highest BCUT2D eigenvalue weighted by atomic mass is 35.5. The third-order valence-electron chi connectivity index (χ3n) is 5.57. The first-order valence-electron chi connectivity index (χ1n) is 9.89. The van der Waals surface area contributed by atoms with E-state index >= 15 is 0 Å². The van der Waals surface area contributed by atoms with Crippen LogP contribution in [0.5, 0.6) is 5.75 Å². The highest BCUT2D eigenvalue weighted by Crippen LogP contribution is 2.44. The van der Waals surface area contributed by atoms with E-state index in [1.807, 2.05) is 38.4 Å². The van der Waals surface area contributed by atoms with Gasteiger partial charge in [-0.2, -0.15) is 0 Å². The van der Waals surface area contributed by atoms with Gasteiger partial charge in [-0.05, 0) is 68.5 Å². The molecule has 0 saturated heterocycles. The fourth-order valence-corrected chi connectivity index (χ4v) is 3.85. The van der Waals surface area contributed by atoms with Crippen molar-refractivity contribution in [2.75, 3.05) is 20.6 Å². The van der Waals surface area contributed by atoms with E-state index in [2.05, 4.69) is 22.3 Å². The van der Waals surface area contributed by atoms with Gasteiger partial charge in [0.1, 0.15) is 5.75 Å². The van der Waals surface area contributed by atoms with Crippen LogP contribution in [0.4, 0.5) is 0 Å². The number of phenolic OH excluding ortho intramolecular Hbond substituents is 1. The lowest BCUT2D eigenvalue weighted by Crippen LogP contribution is -2.42. The maximum Gasteiger partial charge on any atom is 0.220 e. The second-order valence-electron chi connectivity index (χ2n) is 7.97. The molecule has 1 aliphatic carbocycles. The second-order valence-corrected chi connectivity index (χ2v) is 8.38. The maximum absolute atomic E-state index is 12.7. The minimum atomic E-state index is 0.0900. The minimum absolute atomic E-state index is 0.0900. The molecule has 2 aromatic rings. The number of halogens is 1. The molecule has 2 N–H and O–H groups in total. The smallest absolute Gasteiger partial charge is 0.220 e. The molecule has 0 unspecified atom stereocenters. The summed E-state index contributed by atoms with van der Waals surface area (Å²) >= 11 is 6.02. The van der Waals surface area contributed by atoms with Crippen molar-refractivity contribution in [3.05, 3.63) is 64.7 Å². The van der Waals surface area contributed by atoms with Gasteiger partial charge in [0.25, 0.3) is 0 Å². The molecule has 1 saturated carbocycles. The molecule has 1 aliphatic rings. The van der Waals surface area contributed by atoms with Gasteiger partial charge in [0.2, 0.25) is 5.91 Å². The van der Waals surface area contributed by atoms with Crippen LogP contribution in [0, 0.1) is 5.92 Å². The van der Waals surface area contributed by atoms with Gasteiger partial charge in [-0.25, -0.2) is 0 Å². The number of phenols is 1. The van der Waals surface area contributed by atoms with Gasteiger partial charge in [-0.15, -0.1) is 0 Å². The van der Waals surface area contributed by atoms with E-state index in [0.29, 0.717) is 29.8 Å². The zero-order valence-corrected chi connectivity index (χ0v) is 17.3. The summed E-state index contributed by atoms with van der Waals surface area (Å²) in [5.74, 6) is 1.15. The summed E-state index contributed by atoms with van der Waals surface area (Å²) in [6.07, 6.45) is 3.72. The summed E-state index contributed by atoms with van der Waals surface area (Å²) in [5.41, 5.74) is 2.30. The summed E-state index contributed by atoms with van der Waals surface area (Å²) in [4.78, 5) is 14.8. The van der Waals surface area contributed by atoms with E-state index in [4.69, 9.17) is 11.6 Å². The number of likely N-dealkylation sites (N-methyl/N-ethyl adjacent to an activating group) is 1. The van der Waals surface area contributed by atoms with Gasteiger partial charge < -0.3 is 15.3 Å². The van der Waals surface area contributed by atoms with Crippen LogP contribution in [-0.4, -0.2) is 42.6 Å². The van der Waals surface area contributed by atoms with E-state index in [1.165, 1.54) is 18.4 Å². The van der Waals surface area contributed by atoms with Gasteiger partial charge in [0.05, 0.1) is 5.02 Å². The zero-order valence-electron chi connectivity index (χ0n) is 16.6. The first kappa shape index (κ1) is 20.7. The highest BCUT2D eigenvalue weighted by Gasteiger charge is 2.33. The third kappa shape index (κ3) is 5.73. The molecule has 5 heteroatoms. The van der Waals surface area contributed by atoms with Gasteiger partial charge in [0.15, 0.2) is 0 Å². The predicted octanol–water partition coefficient (Wildman–Crippen LogP) is 4.22. The Morgan fingerprint density at radius 2 is 1.93 bits per heavy atom. The maximum atomic E-state index is 12.7. The average molecular weight is 401 g/mol. The number of amides is 1. The fraction of sp³-hybridized carbons (Fsp3) is 0.435. The van der Waals surface area contributed by atoms with Crippen molar-refractivity contribution in [3.63, 3.8) is 0 Å². The molecule has 1 fully saturated rings. The Morgan fingerprint density at radius 3 is 2.54 bits per heavy atom. The van der Waals surface area contributed by atoms with Crippen LogP contribution in [0.2, 0.25) is 5.02 Å². The van der Waals surface area contributed by atoms with Crippen LogP contribution >= 0.6 is 11.6 Å². The monoisotopic (exact) mass is 400 g/mol. The molecule has 0 aliphatic heterocycles. The molecule has 0 bridgehead atoms. The van der Waals surface area contributed by atoms with Crippen molar-refractivity contribution < 1.29 is 9.90 Å². The van der Waals surface area contributed by atoms with Crippen molar-refractivity contribution in [1.82, 2.24) is 10.2 Å². The lowest BCUT2D eigenvalue weighted by atomic mass is 9.90. The van der Waals surface area contributed by atoms with E-state index in [-0.39, 0.29) is 17.7 Å². The Balaban J connectivity index is 1.56. The number of carbonyl (C=O) groups excluding carboxylic acids is 1. The van der Waals surface area contributed by atoms with Crippen LogP contribution in [0.15, 0.2) is 48.5 Å². The van der Waals surface area contributed by atoms with Crippen molar-refractivity contribution in [3.8, 4) is 5.75 Å². The molecule has 0 radical (unpaired) electrons. The zero-order chi connectivity index (χ0) is 20.1. The normalized spacial score (nSPS) is 16.0. The number of aromatic hydroxyl groups is 1. The van der Waals surface area contributed by atoms with E-state index in [0.717, 1.165) is 12.0 Å². The Morgan fingerprint density at radius 1 is 1.21 bits per heavy atom. The first-order valence-corrected chi connectivity index (χ1v) is 10.3. The molecule has 2 atom stereocenters. The molecule has 4 nitrogen and oxygen atoms in total. The summed E-state index contributed by atoms with van der Waals surface area (Å²) in [6.45, 7) is 0.580. The number of hydrogen-bond donors (Lipinski definition) is 2. The number of hydrogen-bond acceptors (Lipinski definition) is 3. The molecule has 28 heavy (non-hydrogen) atoms. The standard InChI is InChI=1S/C23H29ClN2O2/c1-26(2)19(12-16-8-11-22(27)21(24)13-16)15-25-23(28)14-20(18-9-10-18)17-6-4-3-5-7-17/h3-8,11,13,18-20,27H,9-10,12,14-15H2,1-2H3,(H,25,28)/t19-,20+/m0/s1. The van der Waals surface area contributed by atoms with Gasteiger partial charge in [0, 0.05) is 19.0 Å². The van der Waals surface area contributed by atoms with E-state index < -0.39 is 0 Å². The Hall–Kier alpha value is -2.04. The number of benzene rings is 2. The highest BCUT2D eigenvalue weighted by molar-refractivity contribution is 6.32. The van der Waals surface area contributed by atoms with Crippen LogP contribution in [-0.2, 0) is 11.2 Å². The minimum Gasteiger partial charge on any atom is -0.506 e. The Kier molecular flexibility index (Phi) is 6.97. The average Bonchev–Trinajstić information content (AvgIpc) is 3.51. The van der Waals surface area contributed by atoms with Crippen LogP contribution < -0.4 is 5.32 Å². The molecule has 0 spiro atoms. The van der Waals surface area contributed by atoms with Gasteiger partial charge >= 0.3 is 0 Å². The van der Waals surface area contributed by atoms with Crippen molar-refractivity contribution in [1.29, 1.82) is 0 Å². The van der Waals surface area contributed by atoms with E-state index in [9.17, 15) is 9.90 Å². The van der Waals surface area contributed by atoms with Crippen LogP contribution in [0.1, 0.15) is 36.3 Å². The van der Waals surface area contributed by atoms with E-state index in [1.54, 1.807) is 12.1 Å². The summed E-state index contributed by atoms with van der Waals surface area (Å²) in [6, 6.07) is 15.8. The topological polar surface area (TPSA) is 52.6 Å². The van der Waals surface area contributed by atoms with Crippen LogP contribution in [0.25, 0.3) is 0 Å². The number of rotatable bonds is 9. The molecule has 0 heterocycles. The lowest BCUT2D eigenvalue weighted by molar-refractivity contribution is -0.121. The number of carbonyl (C=O) groups is 1.